The van der Waals surface area contributed by atoms with E-state index in [2.05, 4.69) is 43.4 Å². The molecule has 82 valence electrons. The van der Waals surface area contributed by atoms with E-state index in [1.54, 1.807) is 0 Å². The van der Waals surface area contributed by atoms with E-state index in [0.29, 0.717) is 6.04 Å². The summed E-state index contributed by atoms with van der Waals surface area (Å²) < 4.78 is 0. The molecular weight excluding hydrogens is 182 g/mol. The quantitative estimate of drug-likeness (QED) is 0.774. The number of benzene rings is 1. The minimum absolute atomic E-state index is 0.664. The van der Waals surface area contributed by atoms with E-state index in [-0.39, 0.29) is 0 Å². The van der Waals surface area contributed by atoms with Crippen LogP contribution in [0.25, 0.3) is 0 Å². The maximum absolute atomic E-state index is 3.61. The lowest BCUT2D eigenvalue weighted by molar-refractivity contribution is 0.487. The first kappa shape index (κ1) is 10.7. The third kappa shape index (κ3) is 3.35. The molecule has 1 aromatic rings. The van der Waals surface area contributed by atoms with E-state index in [9.17, 15) is 0 Å². The van der Waals surface area contributed by atoms with Gasteiger partial charge in [0.25, 0.3) is 0 Å². The molecule has 0 saturated heterocycles. The molecule has 0 amide bonds. The number of hydrogen-bond acceptors (Lipinski definition) is 1. The molecule has 1 N–H and O–H groups in total. The van der Waals surface area contributed by atoms with Crippen LogP contribution < -0.4 is 5.32 Å². The predicted molar refractivity (Wildman–Crippen MR) is 64.8 cm³/mol. The molecule has 0 aliphatic heterocycles. The molecule has 15 heavy (non-hydrogen) atoms. The lowest BCUT2D eigenvalue weighted by Gasteiger charge is -2.14. The van der Waals surface area contributed by atoms with Gasteiger partial charge in [0.15, 0.2) is 0 Å². The van der Waals surface area contributed by atoms with Crippen molar-refractivity contribution in [3.63, 3.8) is 0 Å². The summed E-state index contributed by atoms with van der Waals surface area (Å²) in [6.45, 7) is 5.50. The van der Waals surface area contributed by atoms with Crippen LogP contribution >= 0.6 is 0 Å². The lowest BCUT2D eigenvalue weighted by Crippen LogP contribution is -2.26. The molecule has 1 aromatic carbocycles. The Bertz CT molecular complexity index is 315. The van der Waals surface area contributed by atoms with Gasteiger partial charge in [-0.2, -0.15) is 0 Å². The van der Waals surface area contributed by atoms with Gasteiger partial charge in [0, 0.05) is 12.6 Å². The number of hydrogen-bond donors (Lipinski definition) is 1. The number of rotatable bonds is 5. The first-order valence-corrected chi connectivity index (χ1v) is 6.03. The molecule has 1 atom stereocenters. The summed E-state index contributed by atoms with van der Waals surface area (Å²) >= 11 is 0. The van der Waals surface area contributed by atoms with Crippen LogP contribution in [0.5, 0.6) is 0 Å². The fraction of sp³-hybridized carbons (Fsp3) is 0.571. The number of nitrogens with one attached hydrogen (secondary N) is 1. The van der Waals surface area contributed by atoms with Gasteiger partial charge in [-0.1, -0.05) is 37.1 Å². The Kier molecular flexibility index (Phi) is 3.42. The molecule has 0 radical (unpaired) electrons. The molecule has 1 aliphatic rings. The summed E-state index contributed by atoms with van der Waals surface area (Å²) in [6.07, 6.45) is 4.26. The van der Waals surface area contributed by atoms with Crippen LogP contribution in [0.3, 0.4) is 0 Å². The van der Waals surface area contributed by atoms with Gasteiger partial charge in [-0.25, -0.2) is 0 Å². The van der Waals surface area contributed by atoms with Gasteiger partial charge in [-0.05, 0) is 37.3 Å². The Hall–Kier alpha value is -0.820. The van der Waals surface area contributed by atoms with Crippen molar-refractivity contribution in [3.05, 3.63) is 35.4 Å². The average molecular weight is 203 g/mol. The van der Waals surface area contributed by atoms with Crippen LogP contribution in [0, 0.1) is 12.8 Å². The Morgan fingerprint density at radius 3 is 2.73 bits per heavy atom. The molecule has 1 unspecified atom stereocenters. The van der Waals surface area contributed by atoms with E-state index in [1.807, 2.05) is 0 Å². The van der Waals surface area contributed by atoms with E-state index < -0.39 is 0 Å². The highest BCUT2D eigenvalue weighted by Gasteiger charge is 2.23. The largest absolute Gasteiger partial charge is 0.310 e. The normalized spacial score (nSPS) is 17.7. The van der Waals surface area contributed by atoms with Crippen LogP contribution in [0.1, 0.15) is 37.3 Å². The van der Waals surface area contributed by atoms with Crippen molar-refractivity contribution >= 4 is 0 Å². The van der Waals surface area contributed by atoms with E-state index >= 15 is 0 Å². The Morgan fingerprint density at radius 2 is 2.07 bits per heavy atom. The summed E-state index contributed by atoms with van der Waals surface area (Å²) in [5.41, 5.74) is 2.82. The zero-order chi connectivity index (χ0) is 10.7. The molecule has 0 heterocycles. The third-order valence-electron chi connectivity index (χ3n) is 3.29. The van der Waals surface area contributed by atoms with Gasteiger partial charge >= 0.3 is 0 Å². The van der Waals surface area contributed by atoms with E-state index in [4.69, 9.17) is 0 Å². The van der Waals surface area contributed by atoms with Gasteiger partial charge in [0.1, 0.15) is 0 Å². The molecule has 0 bridgehead atoms. The first-order valence-electron chi connectivity index (χ1n) is 6.03. The lowest BCUT2D eigenvalue weighted by atomic mass is 10.1. The smallest absolute Gasteiger partial charge is 0.0210 e. The third-order valence-corrected chi connectivity index (χ3v) is 3.29. The minimum Gasteiger partial charge on any atom is -0.310 e. The standard InChI is InChI=1S/C14H21N/c1-11-5-3-4-6-14(11)10-15-12(2)9-13-7-8-13/h3-6,12-13,15H,7-10H2,1-2H3. The molecular formula is C14H21N. The summed E-state index contributed by atoms with van der Waals surface area (Å²) in [7, 11) is 0. The highest BCUT2D eigenvalue weighted by atomic mass is 14.9. The topological polar surface area (TPSA) is 12.0 Å². The Labute approximate surface area is 92.9 Å². The fourth-order valence-electron chi connectivity index (χ4n) is 2.03. The first-order chi connectivity index (χ1) is 7.25. The summed E-state index contributed by atoms with van der Waals surface area (Å²) in [6, 6.07) is 9.29. The second-order valence-electron chi connectivity index (χ2n) is 4.89. The second-order valence-corrected chi connectivity index (χ2v) is 4.89. The zero-order valence-electron chi connectivity index (χ0n) is 9.79. The highest BCUT2D eigenvalue weighted by molar-refractivity contribution is 5.25. The van der Waals surface area contributed by atoms with E-state index in [0.717, 1.165) is 12.5 Å². The van der Waals surface area contributed by atoms with Gasteiger partial charge in [0.2, 0.25) is 0 Å². The van der Waals surface area contributed by atoms with Crippen LogP contribution in [0.15, 0.2) is 24.3 Å². The molecule has 0 aromatic heterocycles. The molecule has 1 aliphatic carbocycles. The SMILES string of the molecule is Cc1ccccc1CNC(C)CC1CC1. The Morgan fingerprint density at radius 1 is 1.33 bits per heavy atom. The molecule has 0 spiro atoms. The summed E-state index contributed by atoms with van der Waals surface area (Å²) in [5.74, 6) is 1.02. The van der Waals surface area contributed by atoms with Crippen molar-refractivity contribution in [2.75, 3.05) is 0 Å². The van der Waals surface area contributed by atoms with Gasteiger partial charge < -0.3 is 5.32 Å². The molecule has 1 fully saturated rings. The van der Waals surface area contributed by atoms with Gasteiger partial charge in [-0.15, -0.1) is 0 Å². The molecule has 1 heteroatoms. The molecule has 1 saturated carbocycles. The highest BCUT2D eigenvalue weighted by Crippen LogP contribution is 2.33. The van der Waals surface area contributed by atoms with Crippen molar-refractivity contribution in [1.82, 2.24) is 5.32 Å². The minimum atomic E-state index is 0.664. The van der Waals surface area contributed by atoms with E-state index in [1.165, 1.54) is 30.4 Å². The molecule has 1 nitrogen and oxygen atoms in total. The van der Waals surface area contributed by atoms with Crippen molar-refractivity contribution in [1.29, 1.82) is 0 Å². The van der Waals surface area contributed by atoms with Gasteiger partial charge in [0.05, 0.1) is 0 Å². The summed E-state index contributed by atoms with van der Waals surface area (Å²) in [4.78, 5) is 0. The van der Waals surface area contributed by atoms with Crippen LogP contribution in [0.4, 0.5) is 0 Å². The maximum atomic E-state index is 3.61. The summed E-state index contributed by atoms with van der Waals surface area (Å²) in [5, 5.41) is 3.61. The van der Waals surface area contributed by atoms with Crippen molar-refractivity contribution in [3.8, 4) is 0 Å². The predicted octanol–water partition coefficient (Wildman–Crippen LogP) is 3.27. The van der Waals surface area contributed by atoms with Crippen LogP contribution in [-0.2, 0) is 6.54 Å². The second kappa shape index (κ2) is 4.80. The van der Waals surface area contributed by atoms with Crippen LogP contribution in [-0.4, -0.2) is 6.04 Å². The fourth-order valence-corrected chi connectivity index (χ4v) is 2.03. The van der Waals surface area contributed by atoms with Crippen molar-refractivity contribution < 1.29 is 0 Å². The van der Waals surface area contributed by atoms with Gasteiger partial charge in [-0.3, -0.25) is 0 Å². The van der Waals surface area contributed by atoms with Crippen LogP contribution in [0.2, 0.25) is 0 Å². The van der Waals surface area contributed by atoms with Crippen molar-refractivity contribution in [2.45, 2.75) is 45.7 Å². The average Bonchev–Trinajstić information content (AvgIpc) is 3.00. The maximum Gasteiger partial charge on any atom is 0.0210 e. The monoisotopic (exact) mass is 203 g/mol. The number of aryl methyl sites for hydroxylation is 1. The molecule has 2 rings (SSSR count). The Balaban J connectivity index is 1.78. The van der Waals surface area contributed by atoms with Crippen molar-refractivity contribution in [2.24, 2.45) is 5.92 Å². The zero-order valence-corrected chi connectivity index (χ0v) is 9.79.